The standard InChI is InChI=1S/C16H21BrN6O/c1-21-15-13(14(17)20-21)16(19-10-18-15)23-7-6-22(12(24)9-23)8-11-4-2-3-5-11/h10-11H,2-9H2,1H3. The molecular weight excluding hydrogens is 372 g/mol. The van der Waals surface area contributed by atoms with Crippen LogP contribution in [0.4, 0.5) is 5.82 Å². The van der Waals surface area contributed by atoms with Gasteiger partial charge in [0.1, 0.15) is 16.7 Å². The van der Waals surface area contributed by atoms with Gasteiger partial charge in [-0.15, -0.1) is 0 Å². The molecule has 0 unspecified atom stereocenters. The quantitative estimate of drug-likeness (QED) is 0.798. The van der Waals surface area contributed by atoms with Crippen molar-refractivity contribution in [3.8, 4) is 0 Å². The molecule has 4 rings (SSSR count). The number of fused-ring (bicyclic) bond motifs is 1. The van der Waals surface area contributed by atoms with Gasteiger partial charge in [-0.2, -0.15) is 5.10 Å². The molecule has 3 heterocycles. The fourth-order valence-corrected chi connectivity index (χ4v) is 4.45. The summed E-state index contributed by atoms with van der Waals surface area (Å²) in [6.45, 7) is 2.85. The number of rotatable bonds is 3. The topological polar surface area (TPSA) is 67.2 Å². The van der Waals surface area contributed by atoms with E-state index < -0.39 is 0 Å². The first-order chi connectivity index (χ1) is 11.6. The van der Waals surface area contributed by atoms with Crippen LogP contribution in [0, 0.1) is 5.92 Å². The van der Waals surface area contributed by atoms with Crippen LogP contribution in [-0.2, 0) is 11.8 Å². The molecule has 128 valence electrons. The number of aromatic nitrogens is 4. The van der Waals surface area contributed by atoms with Crippen LogP contribution in [-0.4, -0.2) is 56.7 Å². The van der Waals surface area contributed by atoms with Crippen LogP contribution in [0.2, 0.25) is 0 Å². The molecule has 1 amide bonds. The summed E-state index contributed by atoms with van der Waals surface area (Å²) in [5.41, 5.74) is 0.771. The van der Waals surface area contributed by atoms with E-state index >= 15 is 0 Å². The smallest absolute Gasteiger partial charge is 0.242 e. The van der Waals surface area contributed by atoms with Gasteiger partial charge in [0.25, 0.3) is 0 Å². The second kappa shape index (κ2) is 6.31. The minimum absolute atomic E-state index is 0.194. The van der Waals surface area contributed by atoms with Gasteiger partial charge in [0.05, 0.1) is 11.9 Å². The molecule has 1 aliphatic carbocycles. The summed E-state index contributed by atoms with van der Waals surface area (Å²) in [6, 6.07) is 0. The first kappa shape index (κ1) is 15.8. The summed E-state index contributed by atoms with van der Waals surface area (Å²) in [6.07, 6.45) is 6.70. The Morgan fingerprint density at radius 1 is 1.25 bits per heavy atom. The maximum absolute atomic E-state index is 12.6. The van der Waals surface area contributed by atoms with E-state index in [1.54, 1.807) is 11.0 Å². The molecule has 0 radical (unpaired) electrons. The molecule has 24 heavy (non-hydrogen) atoms. The van der Waals surface area contributed by atoms with Crippen LogP contribution in [0.1, 0.15) is 25.7 Å². The van der Waals surface area contributed by atoms with Crippen molar-refractivity contribution in [2.24, 2.45) is 13.0 Å². The Morgan fingerprint density at radius 3 is 2.79 bits per heavy atom. The lowest BCUT2D eigenvalue weighted by Crippen LogP contribution is -2.51. The van der Waals surface area contributed by atoms with Crippen LogP contribution >= 0.6 is 15.9 Å². The van der Waals surface area contributed by atoms with Gasteiger partial charge in [-0.05, 0) is 34.7 Å². The summed E-state index contributed by atoms with van der Waals surface area (Å²) in [5.74, 6) is 1.67. The minimum atomic E-state index is 0.194. The summed E-state index contributed by atoms with van der Waals surface area (Å²) in [7, 11) is 1.86. The van der Waals surface area contributed by atoms with Crippen LogP contribution in [0.5, 0.6) is 0 Å². The number of hydrogen-bond acceptors (Lipinski definition) is 5. The lowest BCUT2D eigenvalue weighted by molar-refractivity contribution is -0.131. The molecule has 0 atom stereocenters. The first-order valence-electron chi connectivity index (χ1n) is 8.49. The predicted molar refractivity (Wildman–Crippen MR) is 94.8 cm³/mol. The molecule has 2 aliphatic rings. The number of hydrogen-bond donors (Lipinski definition) is 0. The second-order valence-electron chi connectivity index (χ2n) is 6.72. The van der Waals surface area contributed by atoms with Gasteiger partial charge >= 0.3 is 0 Å². The zero-order valence-corrected chi connectivity index (χ0v) is 15.4. The van der Waals surface area contributed by atoms with Crippen LogP contribution in [0.3, 0.4) is 0 Å². The maximum Gasteiger partial charge on any atom is 0.242 e. The Hall–Kier alpha value is -1.70. The van der Waals surface area contributed by atoms with E-state index in [0.717, 1.165) is 41.1 Å². The largest absolute Gasteiger partial charge is 0.345 e. The third kappa shape index (κ3) is 2.76. The van der Waals surface area contributed by atoms with Gasteiger partial charge in [0, 0.05) is 26.7 Å². The van der Waals surface area contributed by atoms with Crippen molar-refractivity contribution in [2.75, 3.05) is 31.1 Å². The molecule has 1 saturated heterocycles. The maximum atomic E-state index is 12.6. The van der Waals surface area contributed by atoms with E-state index in [9.17, 15) is 4.79 Å². The van der Waals surface area contributed by atoms with Gasteiger partial charge in [-0.25, -0.2) is 14.6 Å². The van der Waals surface area contributed by atoms with Crippen molar-refractivity contribution < 1.29 is 4.79 Å². The molecule has 8 heteroatoms. The SMILES string of the molecule is Cn1nc(Br)c2c(N3CCN(CC4CCCC4)C(=O)C3)ncnc21. The third-order valence-corrected chi connectivity index (χ3v) is 5.68. The summed E-state index contributed by atoms with van der Waals surface area (Å²) in [4.78, 5) is 25.4. The van der Waals surface area contributed by atoms with Gasteiger partial charge in [0.15, 0.2) is 5.65 Å². The fraction of sp³-hybridized carbons (Fsp3) is 0.625. The third-order valence-electron chi connectivity index (χ3n) is 5.13. The van der Waals surface area contributed by atoms with E-state index in [4.69, 9.17) is 0 Å². The molecular formula is C16H21BrN6O. The Balaban J connectivity index is 1.54. The summed E-state index contributed by atoms with van der Waals surface area (Å²) in [5, 5.41) is 5.23. The summed E-state index contributed by atoms with van der Waals surface area (Å²) < 4.78 is 2.44. The average molecular weight is 393 g/mol. The number of carbonyl (C=O) groups is 1. The van der Waals surface area contributed by atoms with Gasteiger partial charge < -0.3 is 9.80 Å². The number of nitrogens with zero attached hydrogens (tertiary/aromatic N) is 6. The predicted octanol–water partition coefficient (Wildman–Crippen LogP) is 1.96. The van der Waals surface area contributed by atoms with Crippen LogP contribution < -0.4 is 4.90 Å². The van der Waals surface area contributed by atoms with E-state index in [2.05, 4.69) is 31.0 Å². The highest BCUT2D eigenvalue weighted by Gasteiger charge is 2.29. The van der Waals surface area contributed by atoms with Crippen molar-refractivity contribution in [1.29, 1.82) is 0 Å². The molecule has 2 aromatic rings. The number of amides is 1. The Labute approximate surface area is 149 Å². The van der Waals surface area contributed by atoms with Gasteiger partial charge in [0.2, 0.25) is 5.91 Å². The van der Waals surface area contributed by atoms with Crippen molar-refractivity contribution in [3.05, 3.63) is 10.9 Å². The van der Waals surface area contributed by atoms with Crippen molar-refractivity contribution >= 4 is 38.7 Å². The van der Waals surface area contributed by atoms with E-state index in [1.165, 1.54) is 25.7 Å². The Kier molecular flexibility index (Phi) is 4.15. The van der Waals surface area contributed by atoms with Gasteiger partial charge in [-0.1, -0.05) is 12.8 Å². The highest BCUT2D eigenvalue weighted by molar-refractivity contribution is 9.10. The van der Waals surface area contributed by atoms with E-state index in [1.807, 2.05) is 16.8 Å². The highest BCUT2D eigenvalue weighted by atomic mass is 79.9. The average Bonchev–Trinajstić information content (AvgIpc) is 3.18. The molecule has 0 N–H and O–H groups in total. The Bertz CT molecular complexity index is 769. The molecule has 0 aromatic carbocycles. The monoisotopic (exact) mass is 392 g/mol. The molecule has 7 nitrogen and oxygen atoms in total. The molecule has 1 aliphatic heterocycles. The van der Waals surface area contributed by atoms with Crippen molar-refractivity contribution in [2.45, 2.75) is 25.7 Å². The number of carbonyl (C=O) groups excluding carboxylic acids is 1. The zero-order chi connectivity index (χ0) is 16.7. The van der Waals surface area contributed by atoms with Crippen LogP contribution in [0.15, 0.2) is 10.9 Å². The lowest BCUT2D eigenvalue weighted by Gasteiger charge is -2.36. The normalized spacial score (nSPS) is 19.7. The Morgan fingerprint density at radius 2 is 2.04 bits per heavy atom. The fourth-order valence-electron chi connectivity index (χ4n) is 3.85. The second-order valence-corrected chi connectivity index (χ2v) is 7.47. The molecule has 0 spiro atoms. The molecule has 2 fully saturated rings. The molecule has 1 saturated carbocycles. The molecule has 0 bridgehead atoms. The van der Waals surface area contributed by atoms with E-state index in [0.29, 0.717) is 12.5 Å². The zero-order valence-electron chi connectivity index (χ0n) is 13.8. The number of anilines is 1. The van der Waals surface area contributed by atoms with Crippen molar-refractivity contribution in [3.63, 3.8) is 0 Å². The number of aryl methyl sites for hydroxylation is 1. The number of piperazine rings is 1. The van der Waals surface area contributed by atoms with E-state index in [-0.39, 0.29) is 5.91 Å². The lowest BCUT2D eigenvalue weighted by atomic mass is 10.1. The van der Waals surface area contributed by atoms with Crippen LogP contribution in [0.25, 0.3) is 11.0 Å². The number of halogens is 1. The summed E-state index contributed by atoms with van der Waals surface area (Å²) >= 11 is 3.49. The van der Waals surface area contributed by atoms with Crippen molar-refractivity contribution in [1.82, 2.24) is 24.6 Å². The molecule has 2 aromatic heterocycles. The van der Waals surface area contributed by atoms with Gasteiger partial charge in [-0.3, -0.25) is 4.79 Å². The first-order valence-corrected chi connectivity index (χ1v) is 9.28. The highest BCUT2D eigenvalue weighted by Crippen LogP contribution is 2.31. The minimum Gasteiger partial charge on any atom is -0.345 e.